The minimum Gasteiger partial charge on any atom is -0.370 e. The quantitative estimate of drug-likeness (QED) is 0.815. The molecule has 0 amide bonds. The van der Waals surface area contributed by atoms with Crippen LogP contribution in [0.1, 0.15) is 19.4 Å². The summed E-state index contributed by atoms with van der Waals surface area (Å²) in [5.74, 6) is 2.27. The first kappa shape index (κ1) is 15.6. The standard InChI is InChI=1S/C16H21ClN4/c1-12(2)10-19-16-9-15(20-11-21-16)18-7-6-13-4-3-5-14(17)8-13/h3-5,8-9,11-12H,6-7,10H2,1-2H3,(H2,18,19,20,21). The van der Waals surface area contributed by atoms with Gasteiger partial charge in [0.2, 0.25) is 0 Å². The zero-order valence-corrected chi connectivity index (χ0v) is 13.2. The number of aromatic nitrogens is 2. The van der Waals surface area contributed by atoms with Crippen molar-refractivity contribution in [3.63, 3.8) is 0 Å². The molecule has 0 aliphatic carbocycles. The Morgan fingerprint density at radius 1 is 1.10 bits per heavy atom. The van der Waals surface area contributed by atoms with Gasteiger partial charge in [-0.1, -0.05) is 37.6 Å². The van der Waals surface area contributed by atoms with Crippen LogP contribution >= 0.6 is 11.6 Å². The van der Waals surface area contributed by atoms with Crippen molar-refractivity contribution < 1.29 is 0 Å². The molecule has 0 aliphatic rings. The molecule has 5 heteroatoms. The summed E-state index contributed by atoms with van der Waals surface area (Å²) in [6, 6.07) is 9.84. The fraction of sp³-hybridized carbons (Fsp3) is 0.375. The first-order valence-electron chi connectivity index (χ1n) is 7.17. The van der Waals surface area contributed by atoms with Crippen LogP contribution in [0, 0.1) is 5.92 Å². The molecule has 0 atom stereocenters. The summed E-state index contributed by atoms with van der Waals surface area (Å²) in [6.45, 7) is 6.04. The van der Waals surface area contributed by atoms with Gasteiger partial charge in [-0.15, -0.1) is 0 Å². The molecule has 2 aromatic rings. The van der Waals surface area contributed by atoms with E-state index in [1.165, 1.54) is 5.56 Å². The van der Waals surface area contributed by atoms with Gasteiger partial charge in [-0.2, -0.15) is 0 Å². The van der Waals surface area contributed by atoms with Gasteiger partial charge >= 0.3 is 0 Å². The van der Waals surface area contributed by atoms with Crippen LogP contribution in [0.5, 0.6) is 0 Å². The van der Waals surface area contributed by atoms with Crippen molar-refractivity contribution in [1.29, 1.82) is 0 Å². The van der Waals surface area contributed by atoms with Crippen molar-refractivity contribution in [2.75, 3.05) is 23.7 Å². The second-order valence-corrected chi connectivity index (χ2v) is 5.81. The second-order valence-electron chi connectivity index (χ2n) is 5.37. The Labute approximate surface area is 131 Å². The summed E-state index contributed by atoms with van der Waals surface area (Å²) in [4.78, 5) is 8.44. The first-order chi connectivity index (χ1) is 10.1. The molecule has 0 aliphatic heterocycles. The maximum absolute atomic E-state index is 5.97. The molecule has 2 rings (SSSR count). The van der Waals surface area contributed by atoms with Gasteiger partial charge in [0, 0.05) is 24.2 Å². The zero-order chi connectivity index (χ0) is 15.1. The summed E-state index contributed by atoms with van der Waals surface area (Å²) < 4.78 is 0. The van der Waals surface area contributed by atoms with Gasteiger partial charge in [0.15, 0.2) is 0 Å². The Morgan fingerprint density at radius 3 is 2.57 bits per heavy atom. The molecule has 21 heavy (non-hydrogen) atoms. The third kappa shape index (κ3) is 5.60. The number of hydrogen-bond donors (Lipinski definition) is 2. The van der Waals surface area contributed by atoms with Crippen LogP contribution in [0.2, 0.25) is 5.02 Å². The van der Waals surface area contributed by atoms with Gasteiger partial charge in [0.05, 0.1) is 0 Å². The normalized spacial score (nSPS) is 10.7. The van der Waals surface area contributed by atoms with Crippen molar-refractivity contribution in [3.8, 4) is 0 Å². The van der Waals surface area contributed by atoms with Crippen LogP contribution in [0.25, 0.3) is 0 Å². The molecule has 2 N–H and O–H groups in total. The molecule has 1 heterocycles. The van der Waals surface area contributed by atoms with E-state index in [1.54, 1.807) is 6.33 Å². The van der Waals surface area contributed by atoms with Crippen molar-refractivity contribution in [2.24, 2.45) is 5.92 Å². The van der Waals surface area contributed by atoms with Crippen LogP contribution in [0.3, 0.4) is 0 Å². The molecule has 0 unspecified atom stereocenters. The number of hydrogen-bond acceptors (Lipinski definition) is 4. The molecule has 1 aromatic carbocycles. The predicted molar refractivity (Wildman–Crippen MR) is 89.0 cm³/mol. The SMILES string of the molecule is CC(C)CNc1cc(NCCc2cccc(Cl)c2)ncn1. The molecule has 0 radical (unpaired) electrons. The number of halogens is 1. The van der Waals surface area contributed by atoms with E-state index in [0.29, 0.717) is 5.92 Å². The predicted octanol–water partition coefficient (Wildman–Crippen LogP) is 3.85. The third-order valence-corrected chi connectivity index (χ3v) is 3.20. The van der Waals surface area contributed by atoms with E-state index >= 15 is 0 Å². The zero-order valence-electron chi connectivity index (χ0n) is 12.4. The summed E-state index contributed by atoms with van der Waals surface area (Å²) in [6.07, 6.45) is 2.48. The van der Waals surface area contributed by atoms with Gasteiger partial charge in [0.25, 0.3) is 0 Å². The molecule has 4 nitrogen and oxygen atoms in total. The van der Waals surface area contributed by atoms with E-state index in [1.807, 2.05) is 24.3 Å². The van der Waals surface area contributed by atoms with Gasteiger partial charge in [-0.05, 0) is 30.0 Å². The highest BCUT2D eigenvalue weighted by Crippen LogP contribution is 2.12. The number of benzene rings is 1. The molecule has 0 bridgehead atoms. The van der Waals surface area contributed by atoms with Gasteiger partial charge in [0.1, 0.15) is 18.0 Å². The smallest absolute Gasteiger partial charge is 0.131 e. The number of rotatable bonds is 7. The maximum atomic E-state index is 5.97. The Kier molecular flexibility index (Phi) is 5.81. The monoisotopic (exact) mass is 304 g/mol. The van der Waals surface area contributed by atoms with E-state index in [4.69, 9.17) is 11.6 Å². The van der Waals surface area contributed by atoms with Crippen molar-refractivity contribution in [2.45, 2.75) is 20.3 Å². The fourth-order valence-electron chi connectivity index (χ4n) is 1.89. The van der Waals surface area contributed by atoms with Crippen LogP contribution in [0.15, 0.2) is 36.7 Å². The Hall–Kier alpha value is -1.81. The number of nitrogens with one attached hydrogen (secondary N) is 2. The van der Waals surface area contributed by atoms with E-state index in [2.05, 4.69) is 40.5 Å². The number of anilines is 2. The molecule has 0 fully saturated rings. The van der Waals surface area contributed by atoms with E-state index in [-0.39, 0.29) is 0 Å². The van der Waals surface area contributed by atoms with Gasteiger partial charge in [-0.3, -0.25) is 0 Å². The molecule has 0 saturated heterocycles. The van der Waals surface area contributed by atoms with E-state index in [9.17, 15) is 0 Å². The molecule has 112 valence electrons. The highest BCUT2D eigenvalue weighted by atomic mass is 35.5. The lowest BCUT2D eigenvalue weighted by molar-refractivity contribution is 0.687. The topological polar surface area (TPSA) is 49.8 Å². The summed E-state index contributed by atoms with van der Waals surface area (Å²) in [7, 11) is 0. The van der Waals surface area contributed by atoms with E-state index in [0.717, 1.165) is 36.2 Å². The van der Waals surface area contributed by atoms with Crippen LogP contribution < -0.4 is 10.6 Å². The molecule has 1 aromatic heterocycles. The summed E-state index contributed by atoms with van der Waals surface area (Å²) >= 11 is 5.97. The molecule has 0 spiro atoms. The fourth-order valence-corrected chi connectivity index (χ4v) is 2.10. The second kappa shape index (κ2) is 7.84. The van der Waals surface area contributed by atoms with Crippen molar-refractivity contribution in [1.82, 2.24) is 9.97 Å². The minimum absolute atomic E-state index is 0.583. The summed E-state index contributed by atoms with van der Waals surface area (Å²) in [5.41, 5.74) is 1.21. The minimum atomic E-state index is 0.583. The molecule has 0 saturated carbocycles. The van der Waals surface area contributed by atoms with Gasteiger partial charge < -0.3 is 10.6 Å². The van der Waals surface area contributed by atoms with Gasteiger partial charge in [-0.25, -0.2) is 9.97 Å². The largest absolute Gasteiger partial charge is 0.370 e. The average Bonchev–Trinajstić information content (AvgIpc) is 2.46. The number of nitrogens with zero attached hydrogens (tertiary/aromatic N) is 2. The lowest BCUT2D eigenvalue weighted by Gasteiger charge is -2.10. The lowest BCUT2D eigenvalue weighted by Crippen LogP contribution is -2.11. The van der Waals surface area contributed by atoms with Crippen LogP contribution in [-0.2, 0) is 6.42 Å². The average molecular weight is 305 g/mol. The first-order valence-corrected chi connectivity index (χ1v) is 7.55. The lowest BCUT2D eigenvalue weighted by atomic mass is 10.1. The van der Waals surface area contributed by atoms with Crippen molar-refractivity contribution in [3.05, 3.63) is 47.2 Å². The summed E-state index contributed by atoms with van der Waals surface area (Å²) in [5, 5.41) is 7.37. The maximum Gasteiger partial charge on any atom is 0.131 e. The van der Waals surface area contributed by atoms with Crippen LogP contribution in [-0.4, -0.2) is 23.1 Å². The molecular formula is C16H21ClN4. The Morgan fingerprint density at radius 2 is 1.86 bits per heavy atom. The molecular weight excluding hydrogens is 284 g/mol. The highest BCUT2D eigenvalue weighted by Gasteiger charge is 2.00. The van der Waals surface area contributed by atoms with E-state index < -0.39 is 0 Å². The Balaban J connectivity index is 1.84. The Bertz CT molecular complexity index is 572. The van der Waals surface area contributed by atoms with Crippen LogP contribution in [0.4, 0.5) is 11.6 Å². The van der Waals surface area contributed by atoms with Crippen molar-refractivity contribution >= 4 is 23.2 Å². The highest BCUT2D eigenvalue weighted by molar-refractivity contribution is 6.30. The third-order valence-electron chi connectivity index (χ3n) is 2.97.